The molecule has 1 rings (SSSR count). The number of amides is 1. The van der Waals surface area contributed by atoms with Crippen LogP contribution >= 0.6 is 0 Å². The average molecular weight is 347 g/mol. The molecule has 0 aliphatic carbocycles. The summed E-state index contributed by atoms with van der Waals surface area (Å²) < 4.78 is 40.0. The molecule has 0 radical (unpaired) electrons. The summed E-state index contributed by atoms with van der Waals surface area (Å²) in [7, 11) is 3.97. The van der Waals surface area contributed by atoms with Gasteiger partial charge in [-0.3, -0.25) is 4.79 Å². The molecule has 2 N–H and O–H groups in total. The maximum atomic E-state index is 12.1. The van der Waals surface area contributed by atoms with Crippen LogP contribution < -0.4 is 15.4 Å². The molecular formula is C16H24F3N3O2. The van der Waals surface area contributed by atoms with Gasteiger partial charge in [0.25, 0.3) is 0 Å². The highest BCUT2D eigenvalue weighted by atomic mass is 19.4. The van der Waals surface area contributed by atoms with Crippen molar-refractivity contribution in [3.63, 3.8) is 0 Å². The number of rotatable bonds is 8. The number of alkyl halides is 3. The molecule has 5 nitrogen and oxygen atoms in total. The summed E-state index contributed by atoms with van der Waals surface area (Å²) in [6.07, 6.45) is -4.73. The van der Waals surface area contributed by atoms with E-state index in [1.54, 1.807) is 0 Å². The zero-order chi connectivity index (χ0) is 18.4. The summed E-state index contributed by atoms with van der Waals surface area (Å²) in [5.41, 5.74) is 0.421. The van der Waals surface area contributed by atoms with E-state index in [9.17, 15) is 18.0 Å². The number of carbonyl (C=O) groups excluding carboxylic acids is 1. The quantitative estimate of drug-likeness (QED) is 0.759. The van der Waals surface area contributed by atoms with Crippen molar-refractivity contribution in [2.75, 3.05) is 39.0 Å². The maximum Gasteiger partial charge on any atom is 0.573 e. The normalized spacial score (nSPS) is 12.3. The second-order valence-corrected chi connectivity index (χ2v) is 6.63. The Morgan fingerprint density at radius 2 is 1.75 bits per heavy atom. The van der Waals surface area contributed by atoms with Crippen molar-refractivity contribution in [2.45, 2.75) is 20.2 Å². The molecule has 136 valence electrons. The molecular weight excluding hydrogens is 323 g/mol. The van der Waals surface area contributed by atoms with E-state index in [0.717, 1.165) is 18.7 Å². The topological polar surface area (TPSA) is 53.6 Å². The van der Waals surface area contributed by atoms with Crippen LogP contribution in [0.5, 0.6) is 5.75 Å². The first-order valence-electron chi connectivity index (χ1n) is 7.48. The minimum Gasteiger partial charge on any atom is -0.406 e. The van der Waals surface area contributed by atoms with Gasteiger partial charge in [0.2, 0.25) is 5.91 Å². The molecule has 0 bridgehead atoms. The Morgan fingerprint density at radius 1 is 1.17 bits per heavy atom. The highest BCUT2D eigenvalue weighted by Crippen LogP contribution is 2.23. The van der Waals surface area contributed by atoms with Gasteiger partial charge in [-0.25, -0.2) is 0 Å². The zero-order valence-corrected chi connectivity index (χ0v) is 14.3. The van der Waals surface area contributed by atoms with Crippen molar-refractivity contribution >= 4 is 11.6 Å². The van der Waals surface area contributed by atoms with E-state index in [1.807, 2.05) is 14.1 Å². The Bertz CT molecular complexity index is 528. The molecule has 1 aromatic rings. The van der Waals surface area contributed by atoms with Crippen molar-refractivity contribution in [3.8, 4) is 5.75 Å². The zero-order valence-electron chi connectivity index (χ0n) is 14.3. The standard InChI is InChI=1S/C16H24F3N3O2/c1-15(2,11-22(3)4)10-20-9-14(23)21-12-5-7-13(8-6-12)24-16(17,18)19/h5-8,20H,9-11H2,1-4H3,(H,21,23). The SMILES string of the molecule is CN(C)CC(C)(C)CNCC(=O)Nc1ccc(OC(F)(F)F)cc1. The fourth-order valence-electron chi connectivity index (χ4n) is 2.37. The first-order valence-corrected chi connectivity index (χ1v) is 7.48. The van der Waals surface area contributed by atoms with Crippen molar-refractivity contribution < 1.29 is 22.7 Å². The molecule has 0 aliphatic heterocycles. The van der Waals surface area contributed by atoms with Crippen LogP contribution in [-0.2, 0) is 4.79 Å². The predicted octanol–water partition coefficient (Wildman–Crippen LogP) is 2.70. The molecule has 0 saturated heterocycles. The summed E-state index contributed by atoms with van der Waals surface area (Å²) >= 11 is 0. The molecule has 0 heterocycles. The van der Waals surface area contributed by atoms with E-state index < -0.39 is 6.36 Å². The van der Waals surface area contributed by atoms with Crippen LogP contribution in [0.3, 0.4) is 0 Å². The van der Waals surface area contributed by atoms with E-state index in [2.05, 4.69) is 34.1 Å². The molecule has 0 saturated carbocycles. The highest BCUT2D eigenvalue weighted by Gasteiger charge is 2.30. The number of carbonyl (C=O) groups is 1. The minimum atomic E-state index is -4.73. The lowest BCUT2D eigenvalue weighted by Crippen LogP contribution is -2.40. The van der Waals surface area contributed by atoms with Gasteiger partial charge in [-0.05, 0) is 43.8 Å². The van der Waals surface area contributed by atoms with Gasteiger partial charge in [0, 0.05) is 18.8 Å². The van der Waals surface area contributed by atoms with Crippen molar-refractivity contribution in [1.29, 1.82) is 0 Å². The third-order valence-electron chi connectivity index (χ3n) is 3.01. The van der Waals surface area contributed by atoms with Gasteiger partial charge in [0.1, 0.15) is 5.75 Å². The van der Waals surface area contributed by atoms with Gasteiger partial charge in [-0.1, -0.05) is 13.8 Å². The average Bonchev–Trinajstić information content (AvgIpc) is 2.37. The van der Waals surface area contributed by atoms with Gasteiger partial charge in [0.15, 0.2) is 0 Å². The Labute approximate surface area is 140 Å². The van der Waals surface area contributed by atoms with E-state index in [0.29, 0.717) is 12.2 Å². The van der Waals surface area contributed by atoms with Crippen molar-refractivity contribution in [2.24, 2.45) is 5.41 Å². The summed E-state index contributed by atoms with van der Waals surface area (Å²) in [6, 6.07) is 5.01. The molecule has 0 fully saturated rings. The number of nitrogens with zero attached hydrogens (tertiary/aromatic N) is 1. The number of hydrogen-bond donors (Lipinski definition) is 2. The second-order valence-electron chi connectivity index (χ2n) is 6.63. The first kappa shape index (κ1) is 20.2. The number of nitrogens with one attached hydrogen (secondary N) is 2. The van der Waals surface area contributed by atoms with Crippen LogP contribution in [0.2, 0.25) is 0 Å². The summed E-state index contributed by atoms with van der Waals surface area (Å²) in [5, 5.41) is 5.69. The molecule has 1 amide bonds. The van der Waals surface area contributed by atoms with Crippen LogP contribution in [0.25, 0.3) is 0 Å². The third kappa shape index (κ3) is 8.73. The van der Waals surface area contributed by atoms with Gasteiger partial charge in [-0.2, -0.15) is 0 Å². The lowest BCUT2D eigenvalue weighted by atomic mass is 9.93. The molecule has 8 heteroatoms. The van der Waals surface area contributed by atoms with Gasteiger partial charge in [0.05, 0.1) is 6.54 Å². The summed E-state index contributed by atoms with van der Waals surface area (Å²) in [4.78, 5) is 13.9. The van der Waals surface area contributed by atoms with Crippen LogP contribution in [0, 0.1) is 5.41 Å². The third-order valence-corrected chi connectivity index (χ3v) is 3.01. The number of benzene rings is 1. The molecule has 0 spiro atoms. The van der Waals surface area contributed by atoms with E-state index in [-0.39, 0.29) is 23.6 Å². The molecule has 0 unspecified atom stereocenters. The number of halogens is 3. The molecule has 0 aromatic heterocycles. The molecule has 0 aliphatic rings. The van der Waals surface area contributed by atoms with Gasteiger partial charge in [-0.15, -0.1) is 13.2 Å². The Balaban J connectivity index is 2.40. The number of ether oxygens (including phenoxy) is 1. The van der Waals surface area contributed by atoms with Crippen LogP contribution in [-0.4, -0.2) is 50.9 Å². The Morgan fingerprint density at radius 3 is 2.25 bits per heavy atom. The van der Waals surface area contributed by atoms with E-state index in [4.69, 9.17) is 0 Å². The lowest BCUT2D eigenvalue weighted by Gasteiger charge is -2.28. The fraction of sp³-hybridized carbons (Fsp3) is 0.562. The number of hydrogen-bond acceptors (Lipinski definition) is 4. The largest absolute Gasteiger partial charge is 0.573 e. The molecule has 0 atom stereocenters. The van der Waals surface area contributed by atoms with Crippen LogP contribution in [0.1, 0.15) is 13.8 Å². The minimum absolute atomic E-state index is 0.0142. The Kier molecular flexibility index (Phi) is 7.04. The predicted molar refractivity (Wildman–Crippen MR) is 87.0 cm³/mol. The summed E-state index contributed by atoms with van der Waals surface area (Å²) in [5.74, 6) is -0.593. The Hall–Kier alpha value is -1.80. The van der Waals surface area contributed by atoms with Crippen molar-refractivity contribution in [1.82, 2.24) is 10.2 Å². The second kappa shape index (κ2) is 8.34. The molecule has 1 aromatic carbocycles. The smallest absolute Gasteiger partial charge is 0.406 e. The monoisotopic (exact) mass is 347 g/mol. The first-order chi connectivity index (χ1) is 11.0. The number of anilines is 1. The maximum absolute atomic E-state index is 12.1. The summed E-state index contributed by atoms with van der Waals surface area (Å²) in [6.45, 7) is 5.85. The fourth-order valence-corrected chi connectivity index (χ4v) is 2.37. The van der Waals surface area contributed by atoms with E-state index >= 15 is 0 Å². The highest BCUT2D eigenvalue weighted by molar-refractivity contribution is 5.92. The lowest BCUT2D eigenvalue weighted by molar-refractivity contribution is -0.274. The van der Waals surface area contributed by atoms with Crippen molar-refractivity contribution in [3.05, 3.63) is 24.3 Å². The van der Waals surface area contributed by atoms with Gasteiger partial charge >= 0.3 is 6.36 Å². The van der Waals surface area contributed by atoms with Crippen LogP contribution in [0.4, 0.5) is 18.9 Å². The molecule has 24 heavy (non-hydrogen) atoms. The van der Waals surface area contributed by atoms with Gasteiger partial charge < -0.3 is 20.3 Å². The van der Waals surface area contributed by atoms with Crippen LogP contribution in [0.15, 0.2) is 24.3 Å². The van der Waals surface area contributed by atoms with E-state index in [1.165, 1.54) is 12.1 Å².